The minimum absolute atomic E-state index is 0.104. The second-order valence-corrected chi connectivity index (χ2v) is 6.55. The summed E-state index contributed by atoms with van der Waals surface area (Å²) in [7, 11) is 0. The molecule has 1 aromatic carbocycles. The van der Waals surface area contributed by atoms with Crippen LogP contribution in [0.3, 0.4) is 0 Å². The van der Waals surface area contributed by atoms with Crippen LogP contribution in [0, 0.1) is 5.92 Å². The van der Waals surface area contributed by atoms with E-state index in [0.717, 1.165) is 37.6 Å². The number of rotatable bonds is 3. The Bertz CT molecular complexity index is 608. The molecule has 0 aliphatic carbocycles. The number of thiocarbonyl (C=S) groups is 1. The van der Waals surface area contributed by atoms with Gasteiger partial charge in [0.2, 0.25) is 11.8 Å². The average molecular weight is 348 g/mol. The van der Waals surface area contributed by atoms with E-state index < -0.39 is 0 Å². The summed E-state index contributed by atoms with van der Waals surface area (Å²) in [5.41, 5.74) is 1.94. The third kappa shape index (κ3) is 4.92. The van der Waals surface area contributed by atoms with Gasteiger partial charge in [-0.05, 0) is 36.5 Å². The lowest BCUT2D eigenvalue weighted by Crippen LogP contribution is -2.48. The van der Waals surface area contributed by atoms with E-state index in [1.165, 1.54) is 0 Å². The lowest BCUT2D eigenvalue weighted by molar-refractivity contribution is -0.129. The first-order chi connectivity index (χ1) is 11.4. The van der Waals surface area contributed by atoms with Gasteiger partial charge in [-0.25, -0.2) is 0 Å². The van der Waals surface area contributed by atoms with Crippen molar-refractivity contribution in [1.82, 2.24) is 10.2 Å². The van der Waals surface area contributed by atoms with Gasteiger partial charge in [0.15, 0.2) is 5.11 Å². The first-order valence-corrected chi connectivity index (χ1v) is 8.50. The number of carbonyl (C=O) groups is 2. The van der Waals surface area contributed by atoms with Gasteiger partial charge in [0.1, 0.15) is 0 Å². The summed E-state index contributed by atoms with van der Waals surface area (Å²) in [5.74, 6) is -0.0839. The van der Waals surface area contributed by atoms with Crippen molar-refractivity contribution in [1.29, 1.82) is 0 Å². The molecule has 0 saturated carbocycles. The summed E-state index contributed by atoms with van der Waals surface area (Å²) in [6.45, 7) is 8.40. The van der Waals surface area contributed by atoms with Gasteiger partial charge < -0.3 is 20.4 Å². The average Bonchev–Trinajstić information content (AvgIpc) is 2.55. The summed E-state index contributed by atoms with van der Waals surface area (Å²) in [6.07, 6.45) is 0. The molecule has 7 heteroatoms. The summed E-state index contributed by atoms with van der Waals surface area (Å²) in [6, 6.07) is 7.89. The zero-order valence-corrected chi connectivity index (χ0v) is 15.2. The number of hydrogen-bond acceptors (Lipinski definition) is 4. The first-order valence-electron chi connectivity index (χ1n) is 8.09. The predicted molar refractivity (Wildman–Crippen MR) is 100 cm³/mol. The molecule has 0 spiro atoms. The molecule has 1 fully saturated rings. The van der Waals surface area contributed by atoms with E-state index in [2.05, 4.69) is 15.5 Å². The molecular formula is C17H24N4O2S. The van der Waals surface area contributed by atoms with Crippen LogP contribution in [-0.4, -0.2) is 48.0 Å². The van der Waals surface area contributed by atoms with E-state index in [1.54, 1.807) is 6.92 Å². The molecule has 2 amide bonds. The number of benzene rings is 1. The van der Waals surface area contributed by atoms with E-state index in [1.807, 2.05) is 43.0 Å². The highest BCUT2D eigenvalue weighted by molar-refractivity contribution is 7.80. The van der Waals surface area contributed by atoms with Crippen molar-refractivity contribution in [2.75, 3.05) is 36.4 Å². The summed E-state index contributed by atoms with van der Waals surface area (Å²) < 4.78 is 0. The van der Waals surface area contributed by atoms with Crippen LogP contribution in [0.4, 0.5) is 11.4 Å². The highest BCUT2D eigenvalue weighted by Crippen LogP contribution is 2.19. The topological polar surface area (TPSA) is 64.7 Å². The minimum Gasteiger partial charge on any atom is -0.368 e. The Hall–Kier alpha value is -2.15. The Morgan fingerprint density at radius 1 is 1.08 bits per heavy atom. The quantitative estimate of drug-likeness (QED) is 0.816. The van der Waals surface area contributed by atoms with Crippen molar-refractivity contribution >= 4 is 40.5 Å². The molecule has 1 saturated heterocycles. The molecule has 0 unspecified atom stereocenters. The van der Waals surface area contributed by atoms with Gasteiger partial charge in [0.25, 0.3) is 0 Å². The fourth-order valence-electron chi connectivity index (χ4n) is 2.45. The SMILES string of the molecule is CC(=O)N1CCN(c2ccc(NC(=S)NC(=O)C(C)C)cc2)CC1. The molecule has 0 aromatic heterocycles. The predicted octanol–water partition coefficient (Wildman–Crippen LogP) is 1.82. The molecule has 2 N–H and O–H groups in total. The Balaban J connectivity index is 1.88. The first kappa shape index (κ1) is 18.2. The molecule has 130 valence electrons. The fraction of sp³-hybridized carbons (Fsp3) is 0.471. The highest BCUT2D eigenvalue weighted by Gasteiger charge is 2.18. The standard InChI is InChI=1S/C17H24N4O2S/c1-12(2)16(23)19-17(24)18-14-4-6-15(7-5-14)21-10-8-20(9-11-21)13(3)22/h4-7,12H,8-11H2,1-3H3,(H2,18,19,23,24). The smallest absolute Gasteiger partial charge is 0.228 e. The van der Waals surface area contributed by atoms with Crippen molar-refractivity contribution in [2.24, 2.45) is 5.92 Å². The molecule has 1 aliphatic heterocycles. The third-order valence-electron chi connectivity index (χ3n) is 3.98. The van der Waals surface area contributed by atoms with Crippen LogP contribution in [0.2, 0.25) is 0 Å². The zero-order valence-electron chi connectivity index (χ0n) is 14.3. The van der Waals surface area contributed by atoms with Gasteiger partial charge in [-0.1, -0.05) is 13.8 Å². The van der Waals surface area contributed by atoms with Gasteiger partial charge in [-0.15, -0.1) is 0 Å². The maximum Gasteiger partial charge on any atom is 0.228 e. The number of hydrogen-bond donors (Lipinski definition) is 2. The lowest BCUT2D eigenvalue weighted by atomic mass is 10.2. The monoisotopic (exact) mass is 348 g/mol. The van der Waals surface area contributed by atoms with Crippen molar-refractivity contribution in [3.63, 3.8) is 0 Å². The second kappa shape index (κ2) is 8.10. The van der Waals surface area contributed by atoms with Gasteiger partial charge in [-0.2, -0.15) is 0 Å². The molecule has 24 heavy (non-hydrogen) atoms. The number of carbonyl (C=O) groups excluding carboxylic acids is 2. The van der Waals surface area contributed by atoms with E-state index in [4.69, 9.17) is 12.2 Å². The van der Waals surface area contributed by atoms with E-state index in [0.29, 0.717) is 5.11 Å². The second-order valence-electron chi connectivity index (χ2n) is 6.14. The van der Waals surface area contributed by atoms with Crippen LogP contribution >= 0.6 is 12.2 Å². The third-order valence-corrected chi connectivity index (χ3v) is 4.18. The fourth-order valence-corrected chi connectivity index (χ4v) is 2.67. The zero-order chi connectivity index (χ0) is 17.7. The Morgan fingerprint density at radius 3 is 2.17 bits per heavy atom. The van der Waals surface area contributed by atoms with Crippen LogP contribution in [0.5, 0.6) is 0 Å². The van der Waals surface area contributed by atoms with E-state index >= 15 is 0 Å². The normalized spacial score (nSPS) is 14.5. The summed E-state index contributed by atoms with van der Waals surface area (Å²) in [4.78, 5) is 27.1. The lowest BCUT2D eigenvalue weighted by Gasteiger charge is -2.35. The van der Waals surface area contributed by atoms with Crippen molar-refractivity contribution in [3.05, 3.63) is 24.3 Å². The van der Waals surface area contributed by atoms with Crippen molar-refractivity contribution in [3.8, 4) is 0 Å². The molecule has 1 aliphatic rings. The maximum atomic E-state index is 11.6. The van der Waals surface area contributed by atoms with Gasteiger partial charge >= 0.3 is 0 Å². The van der Waals surface area contributed by atoms with Crippen LogP contribution in [0.1, 0.15) is 20.8 Å². The van der Waals surface area contributed by atoms with Crippen LogP contribution in [0.25, 0.3) is 0 Å². The molecular weight excluding hydrogens is 324 g/mol. The van der Waals surface area contributed by atoms with Crippen LogP contribution in [0.15, 0.2) is 24.3 Å². The van der Waals surface area contributed by atoms with Gasteiger partial charge in [0, 0.05) is 50.4 Å². The maximum absolute atomic E-state index is 11.6. The molecule has 1 heterocycles. The Labute approximate surface area is 148 Å². The van der Waals surface area contributed by atoms with Gasteiger partial charge in [0.05, 0.1) is 0 Å². The minimum atomic E-state index is -0.110. The molecule has 2 rings (SSSR count). The van der Waals surface area contributed by atoms with E-state index in [9.17, 15) is 9.59 Å². The number of piperazine rings is 1. The largest absolute Gasteiger partial charge is 0.368 e. The molecule has 0 radical (unpaired) electrons. The number of anilines is 2. The number of nitrogens with zero attached hydrogens (tertiary/aromatic N) is 2. The number of nitrogens with one attached hydrogen (secondary N) is 2. The van der Waals surface area contributed by atoms with Crippen LogP contribution in [-0.2, 0) is 9.59 Å². The Morgan fingerprint density at radius 2 is 1.67 bits per heavy atom. The van der Waals surface area contributed by atoms with Crippen molar-refractivity contribution < 1.29 is 9.59 Å². The molecule has 1 aromatic rings. The van der Waals surface area contributed by atoms with Gasteiger partial charge in [-0.3, -0.25) is 9.59 Å². The molecule has 6 nitrogen and oxygen atoms in total. The van der Waals surface area contributed by atoms with Crippen molar-refractivity contribution in [2.45, 2.75) is 20.8 Å². The Kier molecular flexibility index (Phi) is 6.14. The van der Waals surface area contributed by atoms with Crippen LogP contribution < -0.4 is 15.5 Å². The molecule has 0 atom stereocenters. The molecule has 0 bridgehead atoms. The summed E-state index contributed by atoms with van der Waals surface area (Å²) >= 11 is 5.14. The summed E-state index contributed by atoms with van der Waals surface area (Å²) in [5, 5.41) is 5.97. The highest BCUT2D eigenvalue weighted by atomic mass is 32.1. The number of amides is 2. The van der Waals surface area contributed by atoms with E-state index in [-0.39, 0.29) is 17.7 Å².